The zero-order chi connectivity index (χ0) is 15.9. The maximum atomic E-state index is 12.2. The van der Waals surface area contributed by atoms with Crippen molar-refractivity contribution >= 4 is 11.6 Å². The van der Waals surface area contributed by atoms with E-state index in [1.807, 2.05) is 18.2 Å². The number of rotatable bonds is 6. The quantitative estimate of drug-likeness (QED) is 0.849. The summed E-state index contributed by atoms with van der Waals surface area (Å²) in [5, 5.41) is 12.3. The maximum absolute atomic E-state index is 12.2. The van der Waals surface area contributed by atoms with Gasteiger partial charge in [-0.05, 0) is 42.9 Å². The van der Waals surface area contributed by atoms with E-state index in [-0.39, 0.29) is 12.5 Å². The van der Waals surface area contributed by atoms with Gasteiger partial charge in [-0.1, -0.05) is 32.0 Å². The van der Waals surface area contributed by atoms with E-state index in [2.05, 4.69) is 30.1 Å². The number of likely N-dealkylation sites (tertiary alicyclic amines) is 1. The van der Waals surface area contributed by atoms with E-state index < -0.39 is 0 Å². The summed E-state index contributed by atoms with van der Waals surface area (Å²) in [6, 6.07) is 8.00. The highest BCUT2D eigenvalue weighted by molar-refractivity contribution is 5.91. The van der Waals surface area contributed by atoms with Crippen molar-refractivity contribution in [3.05, 3.63) is 29.8 Å². The Hall–Kier alpha value is -1.39. The van der Waals surface area contributed by atoms with Gasteiger partial charge >= 0.3 is 0 Å². The molecule has 0 aliphatic carbocycles. The van der Waals surface area contributed by atoms with Crippen LogP contribution in [0.5, 0.6) is 0 Å². The first-order valence-electron chi connectivity index (χ1n) is 8.32. The van der Waals surface area contributed by atoms with E-state index in [0.717, 1.165) is 38.2 Å². The standard InChI is InChI=1S/C18H28N2O2/c1-14(2)16-7-3-4-8-17(16)19-18(22)9-11-20-10-5-6-15(12-20)13-21/h3-4,7-8,14-15,21H,5-6,9-13H2,1-2H3,(H,19,22)/t15-/m0/s1. The monoisotopic (exact) mass is 304 g/mol. The SMILES string of the molecule is CC(C)c1ccccc1NC(=O)CCN1CCC[C@H](CO)C1. The van der Waals surface area contributed by atoms with Gasteiger partial charge in [0.25, 0.3) is 0 Å². The summed E-state index contributed by atoms with van der Waals surface area (Å²) in [5.41, 5.74) is 2.10. The molecule has 1 saturated heterocycles. The number of nitrogens with one attached hydrogen (secondary N) is 1. The Morgan fingerprint density at radius 1 is 1.41 bits per heavy atom. The van der Waals surface area contributed by atoms with Gasteiger partial charge in [0.2, 0.25) is 5.91 Å². The number of hydrogen-bond donors (Lipinski definition) is 2. The number of carbonyl (C=O) groups is 1. The van der Waals surface area contributed by atoms with Crippen LogP contribution in [-0.4, -0.2) is 42.2 Å². The van der Waals surface area contributed by atoms with Crippen LogP contribution in [0, 0.1) is 5.92 Å². The van der Waals surface area contributed by atoms with Crippen LogP contribution in [0.1, 0.15) is 44.6 Å². The molecule has 1 aliphatic rings. The summed E-state index contributed by atoms with van der Waals surface area (Å²) < 4.78 is 0. The van der Waals surface area contributed by atoms with E-state index in [1.54, 1.807) is 0 Å². The number of anilines is 1. The van der Waals surface area contributed by atoms with Crippen molar-refractivity contribution in [2.45, 2.75) is 39.0 Å². The molecular weight excluding hydrogens is 276 g/mol. The highest BCUT2D eigenvalue weighted by atomic mass is 16.3. The smallest absolute Gasteiger partial charge is 0.225 e. The first-order chi connectivity index (χ1) is 10.6. The Morgan fingerprint density at radius 3 is 2.91 bits per heavy atom. The minimum absolute atomic E-state index is 0.0687. The summed E-state index contributed by atoms with van der Waals surface area (Å²) in [5.74, 6) is 0.835. The minimum atomic E-state index is 0.0687. The molecule has 1 atom stereocenters. The third-order valence-electron chi connectivity index (χ3n) is 4.37. The van der Waals surface area contributed by atoms with Crippen molar-refractivity contribution in [2.75, 3.05) is 31.6 Å². The van der Waals surface area contributed by atoms with Crippen LogP contribution in [0.2, 0.25) is 0 Å². The van der Waals surface area contributed by atoms with Crippen molar-refractivity contribution in [3.8, 4) is 0 Å². The maximum Gasteiger partial charge on any atom is 0.225 e. The van der Waals surface area contributed by atoms with E-state index in [9.17, 15) is 9.90 Å². The van der Waals surface area contributed by atoms with Gasteiger partial charge in [-0.25, -0.2) is 0 Å². The predicted molar refractivity (Wildman–Crippen MR) is 90.0 cm³/mol. The van der Waals surface area contributed by atoms with Crippen LogP contribution in [0.15, 0.2) is 24.3 Å². The lowest BCUT2D eigenvalue weighted by atomic mass is 9.99. The zero-order valence-electron chi connectivity index (χ0n) is 13.7. The molecule has 1 heterocycles. The van der Waals surface area contributed by atoms with Gasteiger partial charge in [0.15, 0.2) is 0 Å². The molecule has 0 bridgehead atoms. The molecule has 4 heteroatoms. The number of para-hydroxylation sites is 1. The third-order valence-corrected chi connectivity index (χ3v) is 4.37. The summed E-state index contributed by atoms with van der Waals surface area (Å²) in [7, 11) is 0. The van der Waals surface area contributed by atoms with Gasteiger partial charge < -0.3 is 15.3 Å². The normalized spacial score (nSPS) is 19.4. The Labute approximate surface area is 133 Å². The summed E-state index contributed by atoms with van der Waals surface area (Å²) in [6.07, 6.45) is 2.72. The van der Waals surface area contributed by atoms with E-state index >= 15 is 0 Å². The second-order valence-electron chi connectivity index (χ2n) is 6.53. The number of carbonyl (C=O) groups excluding carboxylic acids is 1. The van der Waals surface area contributed by atoms with E-state index in [4.69, 9.17) is 0 Å². The zero-order valence-corrected chi connectivity index (χ0v) is 13.7. The molecule has 0 spiro atoms. The molecule has 1 aromatic carbocycles. The molecule has 0 unspecified atom stereocenters. The number of aliphatic hydroxyl groups is 1. The van der Waals surface area contributed by atoms with Crippen LogP contribution >= 0.6 is 0 Å². The molecule has 1 aliphatic heterocycles. The van der Waals surface area contributed by atoms with Crippen molar-refractivity contribution in [2.24, 2.45) is 5.92 Å². The van der Waals surface area contributed by atoms with Crippen molar-refractivity contribution in [1.29, 1.82) is 0 Å². The Bertz CT molecular complexity index is 488. The lowest BCUT2D eigenvalue weighted by molar-refractivity contribution is -0.116. The number of aliphatic hydroxyl groups excluding tert-OH is 1. The number of nitrogens with zero attached hydrogens (tertiary/aromatic N) is 1. The largest absolute Gasteiger partial charge is 0.396 e. The molecule has 22 heavy (non-hydrogen) atoms. The van der Waals surface area contributed by atoms with Crippen LogP contribution in [0.4, 0.5) is 5.69 Å². The summed E-state index contributed by atoms with van der Waals surface area (Å²) >= 11 is 0. The van der Waals surface area contributed by atoms with Crippen molar-refractivity contribution < 1.29 is 9.90 Å². The minimum Gasteiger partial charge on any atom is -0.396 e. The molecule has 4 nitrogen and oxygen atoms in total. The van der Waals surface area contributed by atoms with Crippen LogP contribution in [0.25, 0.3) is 0 Å². The fraction of sp³-hybridized carbons (Fsp3) is 0.611. The summed E-state index contributed by atoms with van der Waals surface area (Å²) in [6.45, 7) is 7.23. The second kappa shape index (κ2) is 8.30. The highest BCUT2D eigenvalue weighted by Crippen LogP contribution is 2.23. The number of piperidine rings is 1. The van der Waals surface area contributed by atoms with E-state index in [0.29, 0.717) is 18.3 Å². The Kier molecular flexibility index (Phi) is 6.40. The molecule has 0 aromatic heterocycles. The Balaban J connectivity index is 1.83. The Morgan fingerprint density at radius 2 is 2.18 bits per heavy atom. The first-order valence-corrected chi connectivity index (χ1v) is 8.32. The fourth-order valence-corrected chi connectivity index (χ4v) is 3.09. The molecule has 1 fully saturated rings. The van der Waals surface area contributed by atoms with Crippen LogP contribution in [0.3, 0.4) is 0 Å². The molecule has 2 rings (SSSR count). The molecule has 0 saturated carbocycles. The van der Waals surface area contributed by atoms with Crippen LogP contribution < -0.4 is 5.32 Å². The average molecular weight is 304 g/mol. The van der Waals surface area contributed by atoms with Gasteiger partial charge in [-0.3, -0.25) is 4.79 Å². The fourth-order valence-electron chi connectivity index (χ4n) is 3.09. The van der Waals surface area contributed by atoms with Crippen molar-refractivity contribution in [1.82, 2.24) is 4.90 Å². The van der Waals surface area contributed by atoms with Gasteiger partial charge in [-0.2, -0.15) is 0 Å². The van der Waals surface area contributed by atoms with Gasteiger partial charge in [0.05, 0.1) is 0 Å². The summed E-state index contributed by atoms with van der Waals surface area (Å²) in [4.78, 5) is 14.5. The topological polar surface area (TPSA) is 52.6 Å². The van der Waals surface area contributed by atoms with E-state index in [1.165, 1.54) is 5.56 Å². The van der Waals surface area contributed by atoms with Gasteiger partial charge in [0.1, 0.15) is 0 Å². The predicted octanol–water partition coefficient (Wildman–Crippen LogP) is 2.84. The van der Waals surface area contributed by atoms with Crippen molar-refractivity contribution in [3.63, 3.8) is 0 Å². The molecular formula is C18H28N2O2. The molecule has 1 amide bonds. The lowest BCUT2D eigenvalue weighted by Gasteiger charge is -2.31. The third kappa shape index (κ3) is 4.82. The number of amides is 1. The second-order valence-corrected chi connectivity index (χ2v) is 6.53. The van der Waals surface area contributed by atoms with Gasteiger partial charge in [0, 0.05) is 31.8 Å². The molecule has 1 aromatic rings. The highest BCUT2D eigenvalue weighted by Gasteiger charge is 2.19. The lowest BCUT2D eigenvalue weighted by Crippen LogP contribution is -2.38. The van der Waals surface area contributed by atoms with Gasteiger partial charge in [-0.15, -0.1) is 0 Å². The average Bonchev–Trinajstić information content (AvgIpc) is 2.53. The molecule has 122 valence electrons. The number of hydrogen-bond acceptors (Lipinski definition) is 3. The number of benzene rings is 1. The first kappa shape index (κ1) is 17.0. The molecule has 0 radical (unpaired) electrons. The van der Waals surface area contributed by atoms with Crippen LogP contribution in [-0.2, 0) is 4.79 Å². The molecule has 2 N–H and O–H groups in total.